The van der Waals surface area contributed by atoms with Crippen LogP contribution >= 0.6 is 11.6 Å². The molecular weight excluding hydrogens is 274 g/mol. The van der Waals surface area contributed by atoms with Gasteiger partial charge >= 0.3 is 0 Å². The number of pyridine rings is 1. The predicted octanol–water partition coefficient (Wildman–Crippen LogP) is 3.12. The molecule has 0 aliphatic rings. The van der Waals surface area contributed by atoms with Crippen molar-refractivity contribution < 1.29 is 4.79 Å². The van der Waals surface area contributed by atoms with E-state index in [1.165, 1.54) is 0 Å². The van der Waals surface area contributed by atoms with Crippen LogP contribution in [0, 0.1) is 12.8 Å². The van der Waals surface area contributed by atoms with Crippen LogP contribution in [0.25, 0.3) is 10.9 Å². The number of hydrogen-bond acceptors (Lipinski definition) is 3. The van der Waals surface area contributed by atoms with Gasteiger partial charge in [0.15, 0.2) is 0 Å². The molecular formula is C15H18ClN3O. The minimum Gasteiger partial charge on any atom is -0.323 e. The standard InChI is InChI=1S/C15H18ClN3O/c1-8(2)12(17)15(20)19-14-10-5-4-6-18-13(10)9(3)7-11(14)16/h4-8,12H,17H2,1-3H3,(H,19,20)/t12-/m0/s1. The van der Waals surface area contributed by atoms with Gasteiger partial charge in [0.2, 0.25) is 5.91 Å². The first-order chi connectivity index (χ1) is 9.41. The van der Waals surface area contributed by atoms with Gasteiger partial charge in [0.05, 0.1) is 22.3 Å². The highest BCUT2D eigenvalue weighted by Crippen LogP contribution is 2.32. The number of rotatable bonds is 3. The Balaban J connectivity index is 2.47. The summed E-state index contributed by atoms with van der Waals surface area (Å²) in [6, 6.07) is 4.93. The SMILES string of the molecule is Cc1cc(Cl)c(NC(=O)[C@@H](N)C(C)C)c2cccnc12. The number of hydrogen-bond donors (Lipinski definition) is 2. The third-order valence-corrected chi connectivity index (χ3v) is 3.60. The van der Waals surface area contributed by atoms with Crippen LogP contribution in [0.3, 0.4) is 0 Å². The molecule has 1 aromatic carbocycles. The second-order valence-corrected chi connectivity index (χ2v) is 5.62. The molecule has 2 aromatic rings. The summed E-state index contributed by atoms with van der Waals surface area (Å²) in [6.45, 7) is 5.74. The van der Waals surface area contributed by atoms with Crippen LogP contribution in [-0.2, 0) is 4.79 Å². The van der Waals surface area contributed by atoms with Gasteiger partial charge in [-0.15, -0.1) is 0 Å². The number of aryl methyl sites for hydroxylation is 1. The average molecular weight is 292 g/mol. The molecule has 2 rings (SSSR count). The molecule has 1 heterocycles. The number of carbonyl (C=O) groups is 1. The molecule has 0 radical (unpaired) electrons. The summed E-state index contributed by atoms with van der Waals surface area (Å²) in [6.07, 6.45) is 1.72. The van der Waals surface area contributed by atoms with E-state index in [1.54, 1.807) is 12.3 Å². The van der Waals surface area contributed by atoms with Crippen LogP contribution in [0.2, 0.25) is 5.02 Å². The molecule has 1 aromatic heterocycles. The van der Waals surface area contributed by atoms with Gasteiger partial charge in [0, 0.05) is 11.6 Å². The number of benzene rings is 1. The Morgan fingerprint density at radius 2 is 2.15 bits per heavy atom. The molecule has 1 atom stereocenters. The van der Waals surface area contributed by atoms with E-state index >= 15 is 0 Å². The van der Waals surface area contributed by atoms with Crippen molar-refractivity contribution >= 4 is 34.1 Å². The first-order valence-electron chi connectivity index (χ1n) is 6.52. The van der Waals surface area contributed by atoms with Crippen LogP contribution in [0.1, 0.15) is 19.4 Å². The van der Waals surface area contributed by atoms with Gasteiger partial charge in [0.1, 0.15) is 0 Å². The summed E-state index contributed by atoms with van der Waals surface area (Å²) < 4.78 is 0. The topological polar surface area (TPSA) is 68.0 Å². The van der Waals surface area contributed by atoms with Crippen molar-refractivity contribution in [2.75, 3.05) is 5.32 Å². The highest BCUT2D eigenvalue weighted by Gasteiger charge is 2.19. The van der Waals surface area contributed by atoms with E-state index in [0.29, 0.717) is 10.7 Å². The normalized spacial score (nSPS) is 12.7. The summed E-state index contributed by atoms with van der Waals surface area (Å²) in [5, 5.41) is 4.14. The van der Waals surface area contributed by atoms with E-state index in [0.717, 1.165) is 16.5 Å². The zero-order valence-electron chi connectivity index (χ0n) is 11.8. The molecule has 5 heteroatoms. The van der Waals surface area contributed by atoms with Crippen LogP contribution in [0.15, 0.2) is 24.4 Å². The molecule has 0 bridgehead atoms. The Bertz CT molecular complexity index is 655. The number of fused-ring (bicyclic) bond motifs is 1. The molecule has 4 nitrogen and oxygen atoms in total. The van der Waals surface area contributed by atoms with Gasteiger partial charge in [-0.1, -0.05) is 25.4 Å². The van der Waals surface area contributed by atoms with E-state index in [4.69, 9.17) is 17.3 Å². The van der Waals surface area contributed by atoms with Crippen molar-refractivity contribution in [1.82, 2.24) is 4.98 Å². The second-order valence-electron chi connectivity index (χ2n) is 5.21. The lowest BCUT2D eigenvalue weighted by molar-refractivity contribution is -0.118. The Morgan fingerprint density at radius 3 is 2.80 bits per heavy atom. The largest absolute Gasteiger partial charge is 0.323 e. The molecule has 0 aliphatic heterocycles. The maximum absolute atomic E-state index is 12.1. The number of nitrogens with two attached hydrogens (primary N) is 1. The smallest absolute Gasteiger partial charge is 0.241 e. The van der Waals surface area contributed by atoms with Crippen LogP contribution < -0.4 is 11.1 Å². The predicted molar refractivity (Wildman–Crippen MR) is 82.9 cm³/mol. The summed E-state index contributed by atoms with van der Waals surface area (Å²) >= 11 is 6.25. The number of aromatic nitrogens is 1. The molecule has 3 N–H and O–H groups in total. The van der Waals surface area contributed by atoms with E-state index in [9.17, 15) is 4.79 Å². The lowest BCUT2D eigenvalue weighted by Gasteiger charge is -2.17. The highest BCUT2D eigenvalue weighted by molar-refractivity contribution is 6.35. The summed E-state index contributed by atoms with van der Waals surface area (Å²) in [5.41, 5.74) is 8.23. The van der Waals surface area contributed by atoms with Crippen molar-refractivity contribution in [2.45, 2.75) is 26.8 Å². The van der Waals surface area contributed by atoms with Crippen LogP contribution in [-0.4, -0.2) is 16.9 Å². The van der Waals surface area contributed by atoms with Gasteiger partial charge in [-0.2, -0.15) is 0 Å². The first kappa shape index (κ1) is 14.8. The van der Waals surface area contributed by atoms with Gasteiger partial charge in [-0.3, -0.25) is 9.78 Å². The number of amides is 1. The number of anilines is 1. The highest BCUT2D eigenvalue weighted by atomic mass is 35.5. The lowest BCUT2D eigenvalue weighted by atomic mass is 10.0. The molecule has 0 aliphatic carbocycles. The third-order valence-electron chi connectivity index (χ3n) is 3.30. The third kappa shape index (κ3) is 2.76. The maximum Gasteiger partial charge on any atom is 0.241 e. The van der Waals surface area contributed by atoms with E-state index in [1.807, 2.05) is 32.9 Å². The minimum absolute atomic E-state index is 0.0589. The van der Waals surface area contributed by atoms with Crippen molar-refractivity contribution in [3.63, 3.8) is 0 Å². The van der Waals surface area contributed by atoms with Crippen LogP contribution in [0.4, 0.5) is 5.69 Å². The lowest BCUT2D eigenvalue weighted by Crippen LogP contribution is -2.39. The van der Waals surface area contributed by atoms with Crippen LogP contribution in [0.5, 0.6) is 0 Å². The van der Waals surface area contributed by atoms with Gasteiger partial charge in [-0.25, -0.2) is 0 Å². The maximum atomic E-state index is 12.1. The van der Waals surface area contributed by atoms with Crippen molar-refractivity contribution in [2.24, 2.45) is 11.7 Å². The Labute approximate surface area is 123 Å². The number of carbonyl (C=O) groups excluding carboxylic acids is 1. The fourth-order valence-electron chi connectivity index (χ4n) is 2.02. The Morgan fingerprint density at radius 1 is 1.45 bits per heavy atom. The van der Waals surface area contributed by atoms with Crippen molar-refractivity contribution in [3.05, 3.63) is 35.0 Å². The zero-order valence-corrected chi connectivity index (χ0v) is 12.5. The zero-order chi connectivity index (χ0) is 14.9. The fraction of sp³-hybridized carbons (Fsp3) is 0.333. The first-order valence-corrected chi connectivity index (χ1v) is 6.90. The average Bonchev–Trinajstić information content (AvgIpc) is 2.42. The Kier molecular flexibility index (Phi) is 4.26. The second kappa shape index (κ2) is 5.77. The van der Waals surface area contributed by atoms with Crippen molar-refractivity contribution in [1.29, 1.82) is 0 Å². The van der Waals surface area contributed by atoms with Gasteiger partial charge in [0.25, 0.3) is 0 Å². The number of nitrogens with one attached hydrogen (secondary N) is 1. The summed E-state index contributed by atoms with van der Waals surface area (Å²) in [4.78, 5) is 16.4. The summed E-state index contributed by atoms with van der Waals surface area (Å²) in [7, 11) is 0. The quantitative estimate of drug-likeness (QED) is 0.913. The van der Waals surface area contributed by atoms with Crippen molar-refractivity contribution in [3.8, 4) is 0 Å². The monoisotopic (exact) mass is 291 g/mol. The van der Waals surface area contributed by atoms with E-state index < -0.39 is 6.04 Å². The number of halogens is 1. The molecule has 0 saturated heterocycles. The molecule has 0 unspecified atom stereocenters. The number of nitrogens with zero attached hydrogens (tertiary/aromatic N) is 1. The molecule has 1 amide bonds. The van der Waals surface area contributed by atoms with Gasteiger partial charge < -0.3 is 11.1 Å². The molecule has 0 spiro atoms. The van der Waals surface area contributed by atoms with E-state index in [-0.39, 0.29) is 11.8 Å². The molecule has 20 heavy (non-hydrogen) atoms. The minimum atomic E-state index is -0.570. The molecule has 106 valence electrons. The van der Waals surface area contributed by atoms with Gasteiger partial charge in [-0.05, 0) is 36.6 Å². The Hall–Kier alpha value is -1.65. The van der Waals surface area contributed by atoms with E-state index in [2.05, 4.69) is 10.3 Å². The fourth-order valence-corrected chi connectivity index (χ4v) is 2.33. The summed E-state index contributed by atoms with van der Waals surface area (Å²) in [5.74, 6) is -0.181. The molecule has 0 fully saturated rings. The molecule has 0 saturated carbocycles.